The van der Waals surface area contributed by atoms with Gasteiger partial charge in [0.2, 0.25) is 0 Å². The molecular weight excluding hydrogens is 237 g/mol. The van der Waals surface area contributed by atoms with E-state index in [2.05, 4.69) is 20.9 Å². The molecule has 1 heterocycles. The Labute approximate surface area is 74.7 Å². The van der Waals surface area contributed by atoms with Crippen LogP contribution >= 0.6 is 15.9 Å². The molecule has 6 heteroatoms. The van der Waals surface area contributed by atoms with E-state index in [4.69, 9.17) is 5.73 Å². The fraction of sp³-hybridized carbons (Fsp3) is 0.167. The highest BCUT2D eigenvalue weighted by atomic mass is 79.9. The van der Waals surface area contributed by atoms with Crippen molar-refractivity contribution in [2.75, 3.05) is 5.73 Å². The number of aromatic nitrogens is 1. The Hall–Kier alpha value is -0.780. The Kier molecular flexibility index (Phi) is 2.27. The normalized spacial score (nSPS) is 11.7. The SMILES string of the molecule is Nc1cc(C(F)(F)F)cc(Br)n1. The molecule has 0 fully saturated rings. The maximum atomic E-state index is 12.0. The van der Waals surface area contributed by atoms with E-state index in [-0.39, 0.29) is 10.4 Å². The average Bonchev–Trinajstić information content (AvgIpc) is 1.82. The number of alkyl halides is 3. The van der Waals surface area contributed by atoms with Crippen LogP contribution in [0.3, 0.4) is 0 Å². The third kappa shape index (κ3) is 2.10. The van der Waals surface area contributed by atoms with Gasteiger partial charge < -0.3 is 5.73 Å². The van der Waals surface area contributed by atoms with Crippen LogP contribution in [0.1, 0.15) is 5.56 Å². The molecule has 1 aromatic rings. The van der Waals surface area contributed by atoms with Gasteiger partial charge in [0.15, 0.2) is 0 Å². The standard InChI is InChI=1S/C6H4BrF3N2/c7-4-1-3(6(8,9)10)2-5(11)12-4/h1-2H,(H2,11,12). The Morgan fingerprint density at radius 2 is 1.92 bits per heavy atom. The summed E-state index contributed by atoms with van der Waals surface area (Å²) < 4.78 is 36.2. The van der Waals surface area contributed by atoms with Gasteiger partial charge in [-0.3, -0.25) is 0 Å². The average molecular weight is 241 g/mol. The van der Waals surface area contributed by atoms with Gasteiger partial charge >= 0.3 is 6.18 Å². The predicted molar refractivity (Wildman–Crippen MR) is 41.4 cm³/mol. The second kappa shape index (κ2) is 2.93. The molecule has 0 aromatic carbocycles. The van der Waals surface area contributed by atoms with Crippen molar-refractivity contribution in [3.8, 4) is 0 Å². The summed E-state index contributed by atoms with van der Waals surface area (Å²) in [6.07, 6.45) is -4.38. The summed E-state index contributed by atoms with van der Waals surface area (Å²) in [5.74, 6) is -0.156. The number of rotatable bonds is 0. The smallest absolute Gasteiger partial charge is 0.384 e. The molecule has 0 radical (unpaired) electrons. The van der Waals surface area contributed by atoms with Gasteiger partial charge in [0.05, 0.1) is 5.56 Å². The molecule has 0 aliphatic heterocycles. The van der Waals surface area contributed by atoms with Crippen molar-refractivity contribution in [3.05, 3.63) is 22.3 Å². The van der Waals surface area contributed by atoms with E-state index >= 15 is 0 Å². The molecule has 0 spiro atoms. The van der Waals surface area contributed by atoms with E-state index in [1.54, 1.807) is 0 Å². The number of pyridine rings is 1. The summed E-state index contributed by atoms with van der Waals surface area (Å²) in [5, 5.41) is 0. The molecule has 66 valence electrons. The van der Waals surface area contributed by atoms with Gasteiger partial charge in [-0.05, 0) is 28.1 Å². The fourth-order valence-corrected chi connectivity index (χ4v) is 1.13. The van der Waals surface area contributed by atoms with Crippen LogP contribution < -0.4 is 5.73 Å². The van der Waals surface area contributed by atoms with Crippen LogP contribution in [0.15, 0.2) is 16.7 Å². The highest BCUT2D eigenvalue weighted by Gasteiger charge is 2.31. The highest BCUT2D eigenvalue weighted by Crippen LogP contribution is 2.31. The van der Waals surface area contributed by atoms with E-state index in [0.29, 0.717) is 0 Å². The van der Waals surface area contributed by atoms with Gasteiger partial charge in [-0.25, -0.2) is 4.98 Å². The number of nitrogens with two attached hydrogens (primary N) is 1. The van der Waals surface area contributed by atoms with Gasteiger partial charge in [-0.2, -0.15) is 13.2 Å². The van der Waals surface area contributed by atoms with Crippen molar-refractivity contribution < 1.29 is 13.2 Å². The van der Waals surface area contributed by atoms with Crippen molar-refractivity contribution in [1.29, 1.82) is 0 Å². The maximum absolute atomic E-state index is 12.0. The third-order valence-electron chi connectivity index (χ3n) is 1.14. The van der Waals surface area contributed by atoms with E-state index in [1.165, 1.54) is 0 Å². The monoisotopic (exact) mass is 240 g/mol. The molecule has 0 saturated heterocycles. The van der Waals surface area contributed by atoms with E-state index in [0.717, 1.165) is 12.1 Å². The van der Waals surface area contributed by atoms with Crippen LogP contribution in [0.5, 0.6) is 0 Å². The van der Waals surface area contributed by atoms with Crippen LogP contribution in [0.2, 0.25) is 0 Å². The first-order chi connectivity index (χ1) is 5.39. The largest absolute Gasteiger partial charge is 0.416 e. The Morgan fingerprint density at radius 1 is 1.33 bits per heavy atom. The molecule has 2 N–H and O–H groups in total. The van der Waals surface area contributed by atoms with Gasteiger partial charge in [-0.1, -0.05) is 0 Å². The minimum atomic E-state index is -4.38. The molecule has 0 bridgehead atoms. The highest BCUT2D eigenvalue weighted by molar-refractivity contribution is 9.10. The number of halogens is 4. The number of hydrogen-bond acceptors (Lipinski definition) is 2. The Balaban J connectivity index is 3.18. The van der Waals surface area contributed by atoms with Crippen molar-refractivity contribution in [3.63, 3.8) is 0 Å². The molecule has 0 aliphatic carbocycles. The van der Waals surface area contributed by atoms with Gasteiger partial charge in [0, 0.05) is 0 Å². The zero-order valence-electron chi connectivity index (χ0n) is 5.69. The van der Waals surface area contributed by atoms with Gasteiger partial charge in [-0.15, -0.1) is 0 Å². The zero-order chi connectivity index (χ0) is 9.35. The minimum Gasteiger partial charge on any atom is -0.384 e. The number of nitrogens with zero attached hydrogens (tertiary/aromatic N) is 1. The minimum absolute atomic E-state index is 0.0785. The number of anilines is 1. The Bertz CT molecular complexity index is 277. The van der Waals surface area contributed by atoms with Crippen LogP contribution in [0.25, 0.3) is 0 Å². The molecule has 1 aromatic heterocycles. The van der Waals surface area contributed by atoms with E-state index in [9.17, 15) is 13.2 Å². The lowest BCUT2D eigenvalue weighted by molar-refractivity contribution is -0.137. The maximum Gasteiger partial charge on any atom is 0.416 e. The summed E-state index contributed by atoms with van der Waals surface area (Å²) >= 11 is 2.81. The van der Waals surface area contributed by atoms with Crippen LogP contribution in [0.4, 0.5) is 19.0 Å². The lowest BCUT2D eigenvalue weighted by Crippen LogP contribution is -2.06. The lowest BCUT2D eigenvalue weighted by atomic mass is 10.2. The molecule has 0 aliphatic rings. The van der Waals surface area contributed by atoms with Crippen molar-refractivity contribution in [2.45, 2.75) is 6.18 Å². The number of nitrogen functional groups attached to an aromatic ring is 1. The molecule has 12 heavy (non-hydrogen) atoms. The summed E-state index contributed by atoms with van der Waals surface area (Å²) in [6, 6.07) is 1.65. The number of hydrogen-bond donors (Lipinski definition) is 1. The zero-order valence-corrected chi connectivity index (χ0v) is 7.28. The van der Waals surface area contributed by atoms with Crippen molar-refractivity contribution in [2.24, 2.45) is 0 Å². The van der Waals surface area contributed by atoms with Crippen molar-refractivity contribution in [1.82, 2.24) is 4.98 Å². The van der Waals surface area contributed by atoms with Crippen LogP contribution in [-0.2, 0) is 6.18 Å². The molecule has 0 unspecified atom stereocenters. The fourth-order valence-electron chi connectivity index (χ4n) is 0.681. The molecular formula is C6H4BrF3N2. The molecule has 0 saturated carbocycles. The van der Waals surface area contributed by atoms with Crippen LogP contribution in [0, 0.1) is 0 Å². The first kappa shape index (κ1) is 9.31. The third-order valence-corrected chi connectivity index (χ3v) is 1.55. The summed E-state index contributed by atoms with van der Waals surface area (Å²) in [4.78, 5) is 3.54. The first-order valence-electron chi connectivity index (χ1n) is 2.90. The summed E-state index contributed by atoms with van der Waals surface area (Å²) in [7, 11) is 0. The summed E-state index contributed by atoms with van der Waals surface area (Å²) in [5.41, 5.74) is 4.31. The topological polar surface area (TPSA) is 38.9 Å². The molecule has 0 amide bonds. The quantitative estimate of drug-likeness (QED) is 0.708. The molecule has 0 atom stereocenters. The van der Waals surface area contributed by atoms with Gasteiger partial charge in [0.1, 0.15) is 10.4 Å². The van der Waals surface area contributed by atoms with E-state index in [1.807, 2.05) is 0 Å². The van der Waals surface area contributed by atoms with Crippen molar-refractivity contribution >= 4 is 21.7 Å². The molecule has 1 rings (SSSR count). The van der Waals surface area contributed by atoms with Gasteiger partial charge in [0.25, 0.3) is 0 Å². The van der Waals surface area contributed by atoms with E-state index < -0.39 is 11.7 Å². The Morgan fingerprint density at radius 3 is 2.33 bits per heavy atom. The summed E-state index contributed by atoms with van der Waals surface area (Å²) in [6.45, 7) is 0. The second-order valence-corrected chi connectivity index (χ2v) is 2.91. The molecule has 2 nitrogen and oxygen atoms in total. The van der Waals surface area contributed by atoms with Crippen LogP contribution in [-0.4, -0.2) is 4.98 Å². The lowest BCUT2D eigenvalue weighted by Gasteiger charge is -2.06. The first-order valence-corrected chi connectivity index (χ1v) is 3.69. The second-order valence-electron chi connectivity index (χ2n) is 2.10. The predicted octanol–water partition coefficient (Wildman–Crippen LogP) is 2.45.